The van der Waals surface area contributed by atoms with E-state index in [0.29, 0.717) is 4.88 Å². The first-order valence-electron chi connectivity index (χ1n) is 7.79. The minimum atomic E-state index is -0.187. The van der Waals surface area contributed by atoms with Gasteiger partial charge in [-0.25, -0.2) is 5.43 Å². The van der Waals surface area contributed by atoms with Crippen LogP contribution in [0.15, 0.2) is 46.9 Å². The van der Waals surface area contributed by atoms with Gasteiger partial charge in [-0.3, -0.25) is 4.79 Å². The Bertz CT molecular complexity index is 942. The summed E-state index contributed by atoms with van der Waals surface area (Å²) in [5.74, 6) is -0.187. The molecule has 128 valence electrons. The van der Waals surface area contributed by atoms with E-state index in [1.54, 1.807) is 12.3 Å². The number of nitrogens with one attached hydrogen (secondary N) is 1. The first kappa shape index (κ1) is 17.9. The van der Waals surface area contributed by atoms with Gasteiger partial charge in [-0.1, -0.05) is 6.07 Å². The third-order valence-electron chi connectivity index (χ3n) is 3.98. The Kier molecular flexibility index (Phi) is 5.39. The highest BCUT2D eigenvalue weighted by molar-refractivity contribution is 14.1. The molecule has 0 bridgehead atoms. The molecule has 0 unspecified atom stereocenters. The van der Waals surface area contributed by atoms with E-state index in [9.17, 15) is 4.79 Å². The molecule has 1 aromatic carbocycles. The molecular weight excluding hydrogens is 445 g/mol. The molecule has 0 radical (unpaired) electrons. The molecule has 6 heteroatoms. The Hall–Kier alpha value is -1.93. The predicted octanol–water partition coefficient (Wildman–Crippen LogP) is 4.83. The second-order valence-electron chi connectivity index (χ2n) is 5.77. The maximum Gasteiger partial charge on any atom is 0.281 e. The summed E-state index contributed by atoms with van der Waals surface area (Å²) in [5.41, 5.74) is 8.17. The molecule has 0 aliphatic rings. The lowest BCUT2D eigenvalue weighted by Crippen LogP contribution is -2.16. The van der Waals surface area contributed by atoms with Crippen molar-refractivity contribution >= 4 is 46.0 Å². The van der Waals surface area contributed by atoms with Crippen molar-refractivity contribution < 1.29 is 4.79 Å². The van der Waals surface area contributed by atoms with Crippen molar-refractivity contribution in [1.82, 2.24) is 9.99 Å². The summed E-state index contributed by atoms with van der Waals surface area (Å²) >= 11 is 3.74. The predicted molar refractivity (Wildman–Crippen MR) is 112 cm³/mol. The molecular formula is C19H18IN3OS. The average molecular weight is 463 g/mol. The lowest BCUT2D eigenvalue weighted by molar-refractivity contribution is 0.0959. The summed E-state index contributed by atoms with van der Waals surface area (Å²) < 4.78 is 3.45. The molecule has 2 aromatic heterocycles. The van der Waals surface area contributed by atoms with Crippen molar-refractivity contribution in [3.05, 3.63) is 72.7 Å². The minimum Gasteiger partial charge on any atom is -0.318 e. The smallest absolute Gasteiger partial charge is 0.281 e. The van der Waals surface area contributed by atoms with Gasteiger partial charge >= 0.3 is 0 Å². The fourth-order valence-electron chi connectivity index (χ4n) is 2.71. The van der Waals surface area contributed by atoms with Crippen molar-refractivity contribution in [2.45, 2.75) is 20.8 Å². The van der Waals surface area contributed by atoms with Crippen molar-refractivity contribution in [1.29, 1.82) is 0 Å². The third-order valence-corrected chi connectivity index (χ3v) is 6.06. The third kappa shape index (κ3) is 3.85. The van der Waals surface area contributed by atoms with E-state index in [-0.39, 0.29) is 5.91 Å². The van der Waals surface area contributed by atoms with Crippen molar-refractivity contribution in [2.75, 3.05) is 0 Å². The van der Waals surface area contributed by atoms with E-state index >= 15 is 0 Å². The van der Waals surface area contributed by atoms with Crippen LogP contribution in [0.25, 0.3) is 5.69 Å². The summed E-state index contributed by atoms with van der Waals surface area (Å²) in [6.07, 6.45) is 1.70. The van der Waals surface area contributed by atoms with Crippen LogP contribution in [0, 0.1) is 24.3 Å². The van der Waals surface area contributed by atoms with Gasteiger partial charge in [0.25, 0.3) is 5.91 Å². The highest BCUT2D eigenvalue weighted by Crippen LogP contribution is 2.22. The summed E-state index contributed by atoms with van der Waals surface area (Å²) in [6, 6.07) is 12.1. The zero-order chi connectivity index (χ0) is 18.0. The standard InChI is InChI=1S/C19H18IN3OS/c1-12-9-16(6-7-17(12)20)23-13(2)10-15(14(23)3)11-21-22-19(24)18-5-4-8-25-18/h4-11H,1-3H3,(H,22,24)/b21-11+. The number of halogens is 1. The molecule has 1 N–H and O–H groups in total. The van der Waals surface area contributed by atoms with Gasteiger partial charge in [-0.15, -0.1) is 11.3 Å². The van der Waals surface area contributed by atoms with Crippen molar-refractivity contribution in [2.24, 2.45) is 5.10 Å². The van der Waals surface area contributed by atoms with Gasteiger partial charge in [0.1, 0.15) is 0 Å². The first-order chi connectivity index (χ1) is 12.0. The van der Waals surface area contributed by atoms with Gasteiger partial charge in [-0.2, -0.15) is 5.10 Å². The Labute approximate surface area is 164 Å². The van der Waals surface area contributed by atoms with Crippen LogP contribution >= 0.6 is 33.9 Å². The Morgan fingerprint density at radius 2 is 2.04 bits per heavy atom. The highest BCUT2D eigenvalue weighted by atomic mass is 127. The van der Waals surface area contributed by atoms with E-state index in [4.69, 9.17) is 0 Å². The number of amides is 1. The normalized spacial score (nSPS) is 11.2. The average Bonchev–Trinajstić information content (AvgIpc) is 3.20. The molecule has 0 atom stereocenters. The first-order valence-corrected chi connectivity index (χ1v) is 9.75. The Morgan fingerprint density at radius 3 is 2.72 bits per heavy atom. The number of nitrogens with zero attached hydrogens (tertiary/aromatic N) is 2. The molecule has 0 aliphatic heterocycles. The lowest BCUT2D eigenvalue weighted by Gasteiger charge is -2.11. The van der Waals surface area contributed by atoms with Crippen LogP contribution in [-0.2, 0) is 0 Å². The van der Waals surface area contributed by atoms with E-state index in [1.807, 2.05) is 11.4 Å². The van der Waals surface area contributed by atoms with Gasteiger partial charge in [0.2, 0.25) is 0 Å². The van der Waals surface area contributed by atoms with Gasteiger partial charge in [0.15, 0.2) is 0 Å². The van der Waals surface area contributed by atoms with Crippen LogP contribution in [0.3, 0.4) is 0 Å². The fraction of sp³-hybridized carbons (Fsp3) is 0.158. The van der Waals surface area contributed by atoms with Crippen LogP contribution in [0.2, 0.25) is 0 Å². The molecule has 0 spiro atoms. The van der Waals surface area contributed by atoms with Crippen LogP contribution in [0.4, 0.5) is 0 Å². The second-order valence-corrected chi connectivity index (χ2v) is 7.88. The summed E-state index contributed by atoms with van der Waals surface area (Å²) in [6.45, 7) is 6.24. The lowest BCUT2D eigenvalue weighted by atomic mass is 10.2. The zero-order valence-electron chi connectivity index (χ0n) is 14.2. The SMILES string of the molecule is Cc1cc(-n2c(C)cc(/C=N/NC(=O)c3cccs3)c2C)ccc1I. The Balaban J connectivity index is 1.83. The molecule has 0 saturated heterocycles. The number of rotatable bonds is 4. The molecule has 4 nitrogen and oxygen atoms in total. The Morgan fingerprint density at radius 1 is 1.24 bits per heavy atom. The quantitative estimate of drug-likeness (QED) is 0.336. The molecule has 2 heterocycles. The number of hydrazone groups is 1. The van der Waals surface area contributed by atoms with Gasteiger partial charge in [0, 0.05) is 26.2 Å². The van der Waals surface area contributed by atoms with E-state index in [0.717, 1.165) is 22.6 Å². The van der Waals surface area contributed by atoms with E-state index in [1.165, 1.54) is 20.5 Å². The topological polar surface area (TPSA) is 46.4 Å². The number of hydrogen-bond acceptors (Lipinski definition) is 3. The molecule has 25 heavy (non-hydrogen) atoms. The van der Waals surface area contributed by atoms with E-state index in [2.05, 4.69) is 82.7 Å². The van der Waals surface area contributed by atoms with Gasteiger partial charge in [0.05, 0.1) is 11.1 Å². The summed E-state index contributed by atoms with van der Waals surface area (Å²) in [5, 5.41) is 5.98. The molecule has 1 amide bonds. The molecule has 3 aromatic rings. The van der Waals surface area contributed by atoms with Crippen LogP contribution in [0.1, 0.15) is 32.2 Å². The highest BCUT2D eigenvalue weighted by Gasteiger charge is 2.10. The van der Waals surface area contributed by atoms with E-state index < -0.39 is 0 Å². The number of aromatic nitrogens is 1. The van der Waals surface area contributed by atoms with Crippen LogP contribution in [-0.4, -0.2) is 16.7 Å². The molecule has 3 rings (SSSR count). The number of benzene rings is 1. The maximum atomic E-state index is 11.9. The molecule has 0 saturated carbocycles. The molecule has 0 fully saturated rings. The number of carbonyl (C=O) groups excluding carboxylic acids is 1. The van der Waals surface area contributed by atoms with Gasteiger partial charge in [-0.05, 0) is 84.6 Å². The van der Waals surface area contributed by atoms with Gasteiger partial charge < -0.3 is 4.57 Å². The monoisotopic (exact) mass is 463 g/mol. The summed E-state index contributed by atoms with van der Waals surface area (Å²) in [7, 11) is 0. The molecule has 0 aliphatic carbocycles. The second kappa shape index (κ2) is 7.53. The van der Waals surface area contributed by atoms with Crippen molar-refractivity contribution in [3.8, 4) is 5.69 Å². The largest absolute Gasteiger partial charge is 0.318 e. The van der Waals surface area contributed by atoms with Crippen LogP contribution < -0.4 is 5.43 Å². The number of hydrogen-bond donors (Lipinski definition) is 1. The summed E-state index contributed by atoms with van der Waals surface area (Å²) in [4.78, 5) is 12.6. The fourth-order valence-corrected chi connectivity index (χ4v) is 3.66. The number of aryl methyl sites for hydroxylation is 2. The van der Waals surface area contributed by atoms with Crippen LogP contribution in [0.5, 0.6) is 0 Å². The zero-order valence-corrected chi connectivity index (χ0v) is 17.2. The number of carbonyl (C=O) groups is 1. The maximum absolute atomic E-state index is 11.9. The minimum absolute atomic E-state index is 0.187. The number of thiophene rings is 1. The van der Waals surface area contributed by atoms with Crippen molar-refractivity contribution in [3.63, 3.8) is 0 Å².